The number of nitrogens with zero attached hydrogens (tertiary/aromatic N) is 1. The molecule has 0 saturated carbocycles. The predicted molar refractivity (Wildman–Crippen MR) is 88.0 cm³/mol. The molecule has 1 heterocycles. The van der Waals surface area contributed by atoms with Gasteiger partial charge in [0.05, 0.1) is 13.2 Å². The number of hydrogen-bond acceptors (Lipinski definition) is 3. The smallest absolute Gasteiger partial charge is 0.159 e. The van der Waals surface area contributed by atoms with E-state index in [0.29, 0.717) is 0 Å². The van der Waals surface area contributed by atoms with Crippen molar-refractivity contribution in [2.75, 3.05) is 26.3 Å². The van der Waals surface area contributed by atoms with E-state index in [1.165, 1.54) is 11.1 Å². The topological polar surface area (TPSA) is 29.5 Å². The monoisotopic (exact) mass is 295 g/mol. The van der Waals surface area contributed by atoms with Crippen LogP contribution in [0, 0.1) is 0 Å². The van der Waals surface area contributed by atoms with Gasteiger partial charge in [-0.15, -0.1) is 0 Å². The van der Waals surface area contributed by atoms with Crippen LogP contribution in [0.1, 0.15) is 22.8 Å². The molecule has 0 aliphatic carbocycles. The maximum atomic E-state index is 11.6. The van der Waals surface area contributed by atoms with E-state index in [4.69, 9.17) is 4.74 Å². The van der Waals surface area contributed by atoms with E-state index in [-0.39, 0.29) is 5.78 Å². The Morgan fingerprint density at radius 1 is 1.09 bits per heavy atom. The van der Waals surface area contributed by atoms with Crippen molar-refractivity contribution < 1.29 is 9.53 Å². The van der Waals surface area contributed by atoms with Gasteiger partial charge in [-0.1, -0.05) is 42.5 Å². The van der Waals surface area contributed by atoms with Crippen molar-refractivity contribution >= 4 is 5.78 Å². The molecule has 2 aromatic carbocycles. The molecule has 0 atom stereocenters. The van der Waals surface area contributed by atoms with E-state index in [1.54, 1.807) is 6.92 Å². The summed E-state index contributed by atoms with van der Waals surface area (Å²) in [7, 11) is 0. The molecule has 0 aromatic heterocycles. The first kappa shape index (κ1) is 14.9. The molecule has 0 N–H and O–H groups in total. The molecule has 0 amide bonds. The molecule has 1 aliphatic heterocycles. The van der Waals surface area contributed by atoms with Crippen molar-refractivity contribution in [1.29, 1.82) is 0 Å². The van der Waals surface area contributed by atoms with Gasteiger partial charge in [-0.3, -0.25) is 9.69 Å². The minimum atomic E-state index is 0.104. The lowest BCUT2D eigenvalue weighted by Crippen LogP contribution is -2.35. The first-order valence-electron chi connectivity index (χ1n) is 7.73. The van der Waals surface area contributed by atoms with Gasteiger partial charge in [-0.25, -0.2) is 0 Å². The number of ketones is 1. The van der Waals surface area contributed by atoms with Gasteiger partial charge in [0.25, 0.3) is 0 Å². The van der Waals surface area contributed by atoms with Crippen LogP contribution in [-0.2, 0) is 11.3 Å². The molecule has 1 aliphatic rings. The molecule has 3 nitrogen and oxygen atoms in total. The van der Waals surface area contributed by atoms with E-state index in [1.807, 2.05) is 18.2 Å². The van der Waals surface area contributed by atoms with Crippen LogP contribution in [0.5, 0.6) is 0 Å². The normalized spacial score (nSPS) is 15.7. The van der Waals surface area contributed by atoms with Crippen molar-refractivity contribution in [3.05, 3.63) is 59.7 Å². The molecule has 0 bridgehead atoms. The average Bonchev–Trinajstić information content (AvgIpc) is 2.56. The van der Waals surface area contributed by atoms with Gasteiger partial charge < -0.3 is 4.74 Å². The van der Waals surface area contributed by atoms with Gasteiger partial charge in [0.1, 0.15) is 0 Å². The lowest BCUT2D eigenvalue weighted by atomic mass is 9.97. The van der Waals surface area contributed by atoms with Crippen LogP contribution >= 0.6 is 0 Å². The van der Waals surface area contributed by atoms with Crippen molar-refractivity contribution in [3.63, 3.8) is 0 Å². The minimum Gasteiger partial charge on any atom is -0.379 e. The number of carbonyl (C=O) groups is 1. The summed E-state index contributed by atoms with van der Waals surface area (Å²) in [6, 6.07) is 16.3. The zero-order valence-electron chi connectivity index (χ0n) is 12.9. The second kappa shape index (κ2) is 6.86. The molecule has 0 radical (unpaired) electrons. The summed E-state index contributed by atoms with van der Waals surface area (Å²) in [5.41, 5.74) is 4.37. The van der Waals surface area contributed by atoms with Gasteiger partial charge in [-0.2, -0.15) is 0 Å². The fraction of sp³-hybridized carbons (Fsp3) is 0.316. The fourth-order valence-electron chi connectivity index (χ4n) is 2.85. The molecule has 3 rings (SSSR count). The second-order valence-electron chi connectivity index (χ2n) is 5.68. The van der Waals surface area contributed by atoms with E-state index in [2.05, 4.69) is 35.2 Å². The Bertz CT molecular complexity index is 660. The number of hydrogen-bond donors (Lipinski definition) is 0. The first-order chi connectivity index (χ1) is 10.7. The molecule has 3 heteroatoms. The van der Waals surface area contributed by atoms with Gasteiger partial charge in [0, 0.05) is 25.2 Å². The lowest BCUT2D eigenvalue weighted by Gasteiger charge is -2.27. The van der Waals surface area contributed by atoms with Gasteiger partial charge in [0.2, 0.25) is 0 Å². The van der Waals surface area contributed by atoms with Crippen molar-refractivity contribution in [2.24, 2.45) is 0 Å². The van der Waals surface area contributed by atoms with Crippen LogP contribution in [0.25, 0.3) is 11.1 Å². The molecule has 0 spiro atoms. The lowest BCUT2D eigenvalue weighted by molar-refractivity contribution is 0.0342. The third-order valence-electron chi connectivity index (χ3n) is 4.10. The maximum Gasteiger partial charge on any atom is 0.159 e. The summed E-state index contributed by atoms with van der Waals surface area (Å²) >= 11 is 0. The Morgan fingerprint density at radius 2 is 1.86 bits per heavy atom. The molecular weight excluding hydrogens is 274 g/mol. The zero-order valence-corrected chi connectivity index (χ0v) is 12.9. The molecule has 1 fully saturated rings. The van der Waals surface area contributed by atoms with Gasteiger partial charge in [0.15, 0.2) is 5.78 Å². The first-order valence-corrected chi connectivity index (χ1v) is 7.73. The largest absolute Gasteiger partial charge is 0.379 e. The standard InChI is InChI=1S/C19H21NO2/c1-15(21)16-6-4-7-17(13-16)19-8-3-2-5-18(19)14-20-9-11-22-12-10-20/h2-8,13H,9-12,14H2,1H3. The van der Waals surface area contributed by atoms with E-state index >= 15 is 0 Å². The number of Topliss-reactive ketones (excluding diaryl/α,β-unsaturated/α-hetero) is 1. The highest BCUT2D eigenvalue weighted by Gasteiger charge is 2.13. The highest BCUT2D eigenvalue weighted by Crippen LogP contribution is 2.26. The minimum absolute atomic E-state index is 0.104. The zero-order chi connectivity index (χ0) is 15.4. The number of carbonyl (C=O) groups excluding carboxylic acids is 1. The third kappa shape index (κ3) is 3.43. The van der Waals surface area contributed by atoms with E-state index in [0.717, 1.165) is 44.0 Å². The summed E-state index contributed by atoms with van der Waals surface area (Å²) < 4.78 is 5.42. The molecular formula is C19H21NO2. The second-order valence-corrected chi connectivity index (χ2v) is 5.68. The molecule has 22 heavy (non-hydrogen) atoms. The van der Waals surface area contributed by atoms with Crippen LogP contribution < -0.4 is 0 Å². The summed E-state index contributed by atoms with van der Waals surface area (Å²) in [5.74, 6) is 0.104. The highest BCUT2D eigenvalue weighted by atomic mass is 16.5. The Hall–Kier alpha value is -1.97. The summed E-state index contributed by atoms with van der Waals surface area (Å²) in [6.45, 7) is 6.09. The Morgan fingerprint density at radius 3 is 2.64 bits per heavy atom. The number of morpholine rings is 1. The van der Waals surface area contributed by atoms with E-state index in [9.17, 15) is 4.79 Å². The van der Waals surface area contributed by atoms with Crippen molar-refractivity contribution in [1.82, 2.24) is 4.90 Å². The van der Waals surface area contributed by atoms with Gasteiger partial charge >= 0.3 is 0 Å². The molecule has 114 valence electrons. The Labute approximate surface area is 131 Å². The quantitative estimate of drug-likeness (QED) is 0.810. The summed E-state index contributed by atoms with van der Waals surface area (Å²) in [5, 5.41) is 0. The highest BCUT2D eigenvalue weighted by molar-refractivity contribution is 5.95. The maximum absolute atomic E-state index is 11.6. The van der Waals surface area contributed by atoms with Crippen LogP contribution in [0.2, 0.25) is 0 Å². The van der Waals surface area contributed by atoms with Crippen LogP contribution in [0.3, 0.4) is 0 Å². The van der Waals surface area contributed by atoms with Crippen LogP contribution in [0.15, 0.2) is 48.5 Å². The average molecular weight is 295 g/mol. The fourth-order valence-corrected chi connectivity index (χ4v) is 2.85. The number of rotatable bonds is 4. The predicted octanol–water partition coefficient (Wildman–Crippen LogP) is 3.39. The number of benzene rings is 2. The summed E-state index contributed by atoms with van der Waals surface area (Å²) in [6.07, 6.45) is 0. The van der Waals surface area contributed by atoms with E-state index < -0.39 is 0 Å². The molecule has 2 aromatic rings. The summed E-state index contributed by atoms with van der Waals surface area (Å²) in [4.78, 5) is 14.0. The third-order valence-corrected chi connectivity index (χ3v) is 4.10. The Kier molecular flexibility index (Phi) is 4.66. The molecule has 0 unspecified atom stereocenters. The molecule has 1 saturated heterocycles. The Balaban J connectivity index is 1.90. The van der Waals surface area contributed by atoms with Crippen molar-refractivity contribution in [3.8, 4) is 11.1 Å². The SMILES string of the molecule is CC(=O)c1cccc(-c2ccccc2CN2CCOCC2)c1. The van der Waals surface area contributed by atoms with Crippen LogP contribution in [0.4, 0.5) is 0 Å². The van der Waals surface area contributed by atoms with Gasteiger partial charge in [-0.05, 0) is 29.7 Å². The number of ether oxygens (including phenoxy) is 1. The van der Waals surface area contributed by atoms with Crippen molar-refractivity contribution in [2.45, 2.75) is 13.5 Å². The van der Waals surface area contributed by atoms with Crippen LogP contribution in [-0.4, -0.2) is 37.0 Å².